The Morgan fingerprint density at radius 3 is 1.83 bits per heavy atom. The van der Waals surface area contributed by atoms with Crippen LogP contribution in [0.2, 0.25) is 0 Å². The van der Waals surface area contributed by atoms with Crippen LogP contribution >= 0.6 is 0 Å². The summed E-state index contributed by atoms with van der Waals surface area (Å²) in [5, 5.41) is 9.11. The van der Waals surface area contributed by atoms with Crippen LogP contribution in [0.4, 0.5) is 0 Å². The Kier molecular flexibility index (Phi) is 32.1. The van der Waals surface area contributed by atoms with Gasteiger partial charge in [-0.25, -0.2) is 0 Å². The Labute approximate surface area is 288 Å². The van der Waals surface area contributed by atoms with Crippen LogP contribution in [0.3, 0.4) is 0 Å². The lowest BCUT2D eigenvalue weighted by atomic mass is 9.82. The van der Waals surface area contributed by atoms with Gasteiger partial charge in [-0.1, -0.05) is 122 Å². The van der Waals surface area contributed by atoms with Crippen molar-refractivity contribution in [2.75, 3.05) is 13.2 Å². The molecule has 0 bridgehead atoms. The fraction of sp³-hybridized carbons (Fsp3) is 0.800. The fourth-order valence-corrected chi connectivity index (χ4v) is 5.66. The molecule has 0 rings (SSSR count). The van der Waals surface area contributed by atoms with E-state index in [4.69, 9.17) is 20.3 Å². The first-order chi connectivity index (χ1) is 22.9. The van der Waals surface area contributed by atoms with Gasteiger partial charge in [-0.15, -0.1) is 0 Å². The largest absolute Gasteiger partial charge is 0.461 e. The van der Waals surface area contributed by atoms with E-state index in [1.165, 1.54) is 51.2 Å². The third-order valence-corrected chi connectivity index (χ3v) is 8.58. The van der Waals surface area contributed by atoms with E-state index in [-0.39, 0.29) is 24.3 Å². The standard InChI is InChI=1S/C40H71NO6/c1-3-5-7-9-11-19-25-34-46-38(44)29-21-15-13-17-23-31-40(41,36-37(43)28-27-33-42)32-24-18-14-16-22-30-39(45)47-35-26-20-12-10-8-6-4-2/h19-20,25,35,42H,3-18,21-24,27-34,36,41H2,1-2H3/b25-19+. The van der Waals surface area contributed by atoms with Crippen LogP contribution in [0.5, 0.6) is 0 Å². The monoisotopic (exact) mass is 662 g/mol. The summed E-state index contributed by atoms with van der Waals surface area (Å²) in [4.78, 5) is 36.4. The molecule has 0 aliphatic carbocycles. The molecule has 0 aliphatic heterocycles. The van der Waals surface area contributed by atoms with Gasteiger partial charge in [0.25, 0.3) is 0 Å². The van der Waals surface area contributed by atoms with E-state index in [0.717, 1.165) is 96.3 Å². The summed E-state index contributed by atoms with van der Waals surface area (Å²) < 4.78 is 10.4. The van der Waals surface area contributed by atoms with Gasteiger partial charge in [-0.05, 0) is 63.9 Å². The lowest BCUT2D eigenvalue weighted by molar-refractivity contribution is -0.142. The van der Waals surface area contributed by atoms with E-state index in [1.54, 1.807) is 0 Å². The number of aliphatic hydroxyl groups excluding tert-OH is 1. The normalized spacial score (nSPS) is 12.4. The van der Waals surface area contributed by atoms with E-state index in [1.807, 2.05) is 12.2 Å². The first kappa shape index (κ1) is 44.8. The maximum atomic E-state index is 12.5. The molecule has 0 fully saturated rings. The van der Waals surface area contributed by atoms with Crippen molar-refractivity contribution in [3.63, 3.8) is 0 Å². The summed E-state index contributed by atoms with van der Waals surface area (Å²) in [6.07, 6.45) is 32.5. The molecule has 0 aromatic heterocycles. The lowest BCUT2D eigenvalue weighted by Crippen LogP contribution is -2.42. The number of carbonyl (C=O) groups is 3. The molecule has 0 spiro atoms. The maximum Gasteiger partial charge on any atom is 0.311 e. The second-order valence-electron chi connectivity index (χ2n) is 13.3. The number of carbonyl (C=O) groups excluding carboxylic acids is 3. The summed E-state index contributed by atoms with van der Waals surface area (Å²) in [6, 6.07) is 0. The summed E-state index contributed by atoms with van der Waals surface area (Å²) in [7, 11) is 0. The molecule has 0 heterocycles. The number of Topliss-reactive ketones (excluding diaryl/α,β-unsaturated/α-hetero) is 1. The van der Waals surface area contributed by atoms with E-state index < -0.39 is 5.54 Å². The number of aliphatic hydroxyl groups is 1. The first-order valence-corrected chi connectivity index (χ1v) is 19.2. The number of esters is 2. The van der Waals surface area contributed by atoms with Crippen molar-refractivity contribution in [2.24, 2.45) is 5.73 Å². The molecule has 3 N–H and O–H groups in total. The SMILES string of the molecule is CCCCCCC=C=COC(=O)CCCCCCCC(N)(CCCCCCCC(=O)OC/C=C/CCCCCC)CC(=O)CCCO. The maximum absolute atomic E-state index is 12.5. The van der Waals surface area contributed by atoms with E-state index in [0.29, 0.717) is 38.7 Å². The Morgan fingerprint density at radius 1 is 0.660 bits per heavy atom. The van der Waals surface area contributed by atoms with Crippen LogP contribution < -0.4 is 5.73 Å². The van der Waals surface area contributed by atoms with Gasteiger partial charge >= 0.3 is 11.9 Å². The third-order valence-electron chi connectivity index (χ3n) is 8.58. The Hall–Kier alpha value is -2.21. The van der Waals surface area contributed by atoms with Crippen molar-refractivity contribution in [1.82, 2.24) is 0 Å². The number of nitrogens with two attached hydrogens (primary N) is 1. The van der Waals surface area contributed by atoms with E-state index >= 15 is 0 Å². The molecule has 7 heteroatoms. The van der Waals surface area contributed by atoms with E-state index in [2.05, 4.69) is 25.7 Å². The number of allylic oxidation sites excluding steroid dienone is 2. The average molecular weight is 662 g/mol. The minimum Gasteiger partial charge on any atom is -0.461 e. The fourth-order valence-electron chi connectivity index (χ4n) is 5.66. The molecule has 0 aromatic rings. The van der Waals surface area contributed by atoms with Gasteiger partial charge in [0, 0.05) is 37.8 Å². The van der Waals surface area contributed by atoms with Crippen LogP contribution in [-0.2, 0) is 23.9 Å². The van der Waals surface area contributed by atoms with Crippen molar-refractivity contribution in [2.45, 2.75) is 193 Å². The third kappa shape index (κ3) is 32.1. The van der Waals surface area contributed by atoms with Gasteiger partial charge in [0.1, 0.15) is 18.7 Å². The van der Waals surface area contributed by atoms with Crippen LogP contribution in [-0.4, -0.2) is 41.6 Å². The Bertz CT molecular complexity index is 863. The highest BCUT2D eigenvalue weighted by atomic mass is 16.5. The quantitative estimate of drug-likeness (QED) is 0.0232. The smallest absolute Gasteiger partial charge is 0.311 e. The summed E-state index contributed by atoms with van der Waals surface area (Å²) in [5.41, 5.74) is 9.23. The number of hydrogen-bond donors (Lipinski definition) is 2. The highest BCUT2D eigenvalue weighted by Crippen LogP contribution is 2.26. The van der Waals surface area contributed by atoms with Crippen molar-refractivity contribution in [3.05, 3.63) is 30.2 Å². The van der Waals surface area contributed by atoms with Crippen molar-refractivity contribution < 1.29 is 29.0 Å². The van der Waals surface area contributed by atoms with Crippen LogP contribution in [0.15, 0.2) is 30.2 Å². The summed E-state index contributed by atoms with van der Waals surface area (Å²) >= 11 is 0. The molecule has 0 aromatic carbocycles. The summed E-state index contributed by atoms with van der Waals surface area (Å²) in [6.45, 7) is 4.79. The molecule has 0 saturated carbocycles. The lowest BCUT2D eigenvalue weighted by Gasteiger charge is -2.29. The van der Waals surface area contributed by atoms with Gasteiger partial charge in [-0.2, -0.15) is 0 Å². The van der Waals surface area contributed by atoms with Crippen molar-refractivity contribution >= 4 is 17.7 Å². The number of rotatable bonds is 34. The van der Waals surface area contributed by atoms with Crippen LogP contribution in [0.25, 0.3) is 0 Å². The van der Waals surface area contributed by atoms with E-state index in [9.17, 15) is 14.4 Å². The zero-order chi connectivity index (χ0) is 34.7. The highest BCUT2D eigenvalue weighted by Gasteiger charge is 2.27. The molecule has 7 nitrogen and oxygen atoms in total. The molecule has 47 heavy (non-hydrogen) atoms. The van der Waals surface area contributed by atoms with Gasteiger partial charge in [0.2, 0.25) is 0 Å². The number of ether oxygens (including phenoxy) is 2. The summed E-state index contributed by atoms with van der Waals surface area (Å²) in [5.74, 6) is -0.211. The molecule has 0 aliphatic rings. The minimum atomic E-state index is -0.514. The second kappa shape index (κ2) is 33.7. The minimum absolute atomic E-state index is 0.0202. The second-order valence-corrected chi connectivity index (χ2v) is 13.3. The zero-order valence-electron chi connectivity index (χ0n) is 30.4. The molecular formula is C40H71NO6. The highest BCUT2D eigenvalue weighted by molar-refractivity contribution is 5.79. The van der Waals surface area contributed by atoms with Gasteiger partial charge in [0.15, 0.2) is 0 Å². The zero-order valence-corrected chi connectivity index (χ0v) is 30.4. The molecule has 0 saturated heterocycles. The number of ketones is 1. The van der Waals surface area contributed by atoms with Crippen molar-refractivity contribution in [1.29, 1.82) is 0 Å². The molecule has 0 radical (unpaired) electrons. The molecule has 0 amide bonds. The molecular weight excluding hydrogens is 590 g/mol. The number of hydrogen-bond acceptors (Lipinski definition) is 7. The molecule has 1 atom stereocenters. The number of unbranched alkanes of at least 4 members (excludes halogenated alkanes) is 16. The molecule has 1 unspecified atom stereocenters. The van der Waals surface area contributed by atoms with Gasteiger partial charge in [-0.3, -0.25) is 14.4 Å². The predicted octanol–water partition coefficient (Wildman–Crippen LogP) is 10.1. The van der Waals surface area contributed by atoms with Crippen molar-refractivity contribution in [3.8, 4) is 0 Å². The molecule has 272 valence electrons. The topological polar surface area (TPSA) is 116 Å². The first-order valence-electron chi connectivity index (χ1n) is 19.2. The van der Waals surface area contributed by atoms with Gasteiger partial charge in [0.05, 0.1) is 0 Å². The Morgan fingerprint density at radius 2 is 1.21 bits per heavy atom. The van der Waals surface area contributed by atoms with Crippen LogP contribution in [0.1, 0.15) is 187 Å². The average Bonchev–Trinajstić information content (AvgIpc) is 3.05. The predicted molar refractivity (Wildman–Crippen MR) is 194 cm³/mol. The van der Waals surface area contributed by atoms with Gasteiger partial charge < -0.3 is 20.3 Å². The van der Waals surface area contributed by atoms with Crippen LogP contribution in [0, 0.1) is 0 Å². The Balaban J connectivity index is 4.17.